The largest absolute Gasteiger partial charge is 0.296 e. The van der Waals surface area contributed by atoms with Crippen molar-refractivity contribution in [3.05, 3.63) is 24.2 Å². The van der Waals surface area contributed by atoms with Crippen LogP contribution < -0.4 is 0 Å². The molecule has 4 heterocycles. The number of imidazole rings is 1. The zero-order chi connectivity index (χ0) is 14.9. The van der Waals surface area contributed by atoms with E-state index >= 15 is 0 Å². The normalized spacial score (nSPS) is 24.9. The lowest BCUT2D eigenvalue weighted by Gasteiger charge is -2.35. The Balaban J connectivity index is 1.82. The molecule has 0 spiro atoms. The van der Waals surface area contributed by atoms with E-state index in [0.29, 0.717) is 12.1 Å². The minimum absolute atomic E-state index is 0.429. The minimum Gasteiger partial charge on any atom is -0.296 e. The van der Waals surface area contributed by atoms with E-state index in [0.717, 1.165) is 11.2 Å². The molecule has 1 unspecified atom stereocenters. The number of hydrogen-bond acceptors (Lipinski definition) is 4. The number of piperidine rings is 1. The summed E-state index contributed by atoms with van der Waals surface area (Å²) in [5, 5.41) is 0. The van der Waals surface area contributed by atoms with Gasteiger partial charge < -0.3 is 0 Å². The van der Waals surface area contributed by atoms with Crippen LogP contribution in [-0.4, -0.2) is 44.5 Å². The molecule has 2 saturated heterocycles. The quantitative estimate of drug-likeness (QED) is 0.847. The molecule has 0 radical (unpaired) electrons. The second-order valence-electron chi connectivity index (χ2n) is 6.53. The van der Waals surface area contributed by atoms with Gasteiger partial charge in [-0.1, -0.05) is 0 Å². The Labute approximate surface area is 136 Å². The van der Waals surface area contributed by atoms with Crippen LogP contribution in [0.5, 0.6) is 0 Å². The van der Waals surface area contributed by atoms with E-state index in [1.165, 1.54) is 56.0 Å². The molecule has 0 amide bonds. The minimum atomic E-state index is 0.429. The van der Waals surface area contributed by atoms with Crippen LogP contribution in [0.25, 0.3) is 11.2 Å². The third-order valence-electron chi connectivity index (χ3n) is 5.09. The van der Waals surface area contributed by atoms with Crippen molar-refractivity contribution in [1.82, 2.24) is 19.4 Å². The number of thioether (sulfide) groups is 1. The van der Waals surface area contributed by atoms with Gasteiger partial charge in [0.05, 0.1) is 6.17 Å². The Morgan fingerprint density at radius 2 is 2.05 bits per heavy atom. The van der Waals surface area contributed by atoms with Gasteiger partial charge in [-0.15, -0.1) is 0 Å². The van der Waals surface area contributed by atoms with Gasteiger partial charge in [0, 0.05) is 12.1 Å². The predicted molar refractivity (Wildman–Crippen MR) is 92.3 cm³/mol. The number of fused-ring (bicyclic) bond motifs is 1. The summed E-state index contributed by atoms with van der Waals surface area (Å²) < 4.78 is 2.47. The summed E-state index contributed by atoms with van der Waals surface area (Å²) in [4.78, 5) is 12.2. The first-order valence-electron chi connectivity index (χ1n) is 8.45. The van der Waals surface area contributed by atoms with E-state index in [9.17, 15) is 0 Å². The van der Waals surface area contributed by atoms with Crippen LogP contribution in [0.15, 0.2) is 18.3 Å². The number of likely N-dealkylation sites (tertiary alicyclic amines) is 1. The molecule has 0 saturated carbocycles. The first kappa shape index (κ1) is 14.5. The van der Waals surface area contributed by atoms with Crippen LogP contribution in [-0.2, 0) is 0 Å². The molecule has 2 fully saturated rings. The third-order valence-corrected chi connectivity index (χ3v) is 6.14. The van der Waals surface area contributed by atoms with Crippen LogP contribution in [0, 0.1) is 0 Å². The van der Waals surface area contributed by atoms with E-state index in [-0.39, 0.29) is 0 Å². The predicted octanol–water partition coefficient (Wildman–Crippen LogP) is 3.66. The maximum Gasteiger partial charge on any atom is 0.161 e. The fourth-order valence-electron chi connectivity index (χ4n) is 3.87. The topological polar surface area (TPSA) is 34.0 Å². The van der Waals surface area contributed by atoms with Crippen molar-refractivity contribution >= 4 is 22.9 Å². The van der Waals surface area contributed by atoms with Crippen LogP contribution in [0.3, 0.4) is 0 Å². The van der Waals surface area contributed by atoms with Crippen molar-refractivity contribution in [2.45, 2.75) is 44.2 Å². The zero-order valence-electron chi connectivity index (χ0n) is 13.2. The Kier molecular flexibility index (Phi) is 4.09. The number of pyridine rings is 1. The van der Waals surface area contributed by atoms with E-state index in [2.05, 4.69) is 39.3 Å². The molecule has 0 aliphatic carbocycles. The Morgan fingerprint density at radius 3 is 2.86 bits per heavy atom. The summed E-state index contributed by atoms with van der Waals surface area (Å²) in [7, 11) is 2.25. The van der Waals surface area contributed by atoms with Crippen molar-refractivity contribution in [3.8, 4) is 0 Å². The monoisotopic (exact) mass is 316 g/mol. The van der Waals surface area contributed by atoms with Gasteiger partial charge in [-0.25, -0.2) is 9.97 Å². The highest BCUT2D eigenvalue weighted by Crippen LogP contribution is 2.36. The molecule has 22 heavy (non-hydrogen) atoms. The number of aromatic nitrogens is 3. The van der Waals surface area contributed by atoms with Crippen LogP contribution in [0.4, 0.5) is 0 Å². The van der Waals surface area contributed by atoms with Crippen molar-refractivity contribution in [2.24, 2.45) is 0 Å². The fraction of sp³-hybridized carbons (Fsp3) is 0.647. The van der Waals surface area contributed by atoms with E-state index in [4.69, 9.17) is 4.98 Å². The van der Waals surface area contributed by atoms with Crippen molar-refractivity contribution in [3.63, 3.8) is 0 Å². The number of nitrogens with zero attached hydrogens (tertiary/aromatic N) is 4. The summed E-state index contributed by atoms with van der Waals surface area (Å²) >= 11 is 2.08. The van der Waals surface area contributed by atoms with E-state index < -0.39 is 0 Å². The molecule has 0 N–H and O–H groups in total. The van der Waals surface area contributed by atoms with Gasteiger partial charge in [0.25, 0.3) is 0 Å². The molecule has 2 aromatic rings. The van der Waals surface area contributed by atoms with Gasteiger partial charge in [0.15, 0.2) is 5.65 Å². The molecule has 2 aromatic heterocycles. The standard InChI is InChI=1S/C17H24N4S/c1-20-10-3-2-6-15(20)21-16(13-7-11-22-12-8-13)19-14-5-4-9-18-17(14)21/h4-5,9,13,15H,2-3,6-8,10-12H2,1H3. The van der Waals surface area contributed by atoms with Crippen molar-refractivity contribution in [2.75, 3.05) is 25.1 Å². The molecule has 2 aliphatic rings. The Hall–Kier alpha value is -1.07. The van der Waals surface area contributed by atoms with E-state index in [1.54, 1.807) is 0 Å². The van der Waals surface area contributed by atoms with Gasteiger partial charge in [0.2, 0.25) is 0 Å². The molecule has 0 bridgehead atoms. The second-order valence-corrected chi connectivity index (χ2v) is 7.75. The van der Waals surface area contributed by atoms with E-state index in [1.807, 2.05) is 12.3 Å². The van der Waals surface area contributed by atoms with Gasteiger partial charge in [-0.2, -0.15) is 11.8 Å². The summed E-state index contributed by atoms with van der Waals surface area (Å²) in [6.45, 7) is 1.18. The first-order chi connectivity index (χ1) is 10.8. The van der Waals surface area contributed by atoms with Crippen molar-refractivity contribution in [1.29, 1.82) is 0 Å². The molecule has 1 atom stereocenters. The summed E-state index contributed by atoms with van der Waals surface area (Å²) in [5.41, 5.74) is 2.14. The highest BCUT2D eigenvalue weighted by molar-refractivity contribution is 7.99. The fourth-order valence-corrected chi connectivity index (χ4v) is 4.97. The highest BCUT2D eigenvalue weighted by atomic mass is 32.2. The average molecular weight is 316 g/mol. The van der Waals surface area contributed by atoms with Gasteiger partial charge >= 0.3 is 0 Å². The van der Waals surface area contributed by atoms with Crippen LogP contribution >= 0.6 is 11.8 Å². The van der Waals surface area contributed by atoms with Crippen LogP contribution in [0.1, 0.15) is 50.0 Å². The lowest BCUT2D eigenvalue weighted by Crippen LogP contribution is -2.35. The summed E-state index contributed by atoms with van der Waals surface area (Å²) in [5.74, 6) is 4.42. The van der Waals surface area contributed by atoms with Gasteiger partial charge in [0.1, 0.15) is 11.3 Å². The average Bonchev–Trinajstić information content (AvgIpc) is 2.95. The molecular formula is C17H24N4S. The molecule has 2 aliphatic heterocycles. The maximum absolute atomic E-state index is 5.01. The second kappa shape index (κ2) is 6.20. The van der Waals surface area contributed by atoms with Gasteiger partial charge in [-0.05, 0) is 69.3 Å². The smallest absolute Gasteiger partial charge is 0.161 e. The number of rotatable bonds is 2. The summed E-state index contributed by atoms with van der Waals surface area (Å²) in [6, 6.07) is 4.12. The Morgan fingerprint density at radius 1 is 1.18 bits per heavy atom. The lowest BCUT2D eigenvalue weighted by molar-refractivity contribution is 0.126. The molecule has 4 nitrogen and oxygen atoms in total. The molecule has 5 heteroatoms. The zero-order valence-corrected chi connectivity index (χ0v) is 14.1. The number of hydrogen-bond donors (Lipinski definition) is 0. The van der Waals surface area contributed by atoms with Crippen LogP contribution in [0.2, 0.25) is 0 Å². The first-order valence-corrected chi connectivity index (χ1v) is 9.61. The molecule has 4 rings (SSSR count). The maximum atomic E-state index is 5.01. The molecule has 118 valence electrons. The SMILES string of the molecule is CN1CCCCC1n1c(C2CCSCC2)nc2cccnc21. The van der Waals surface area contributed by atoms with Crippen molar-refractivity contribution < 1.29 is 0 Å². The molecular weight excluding hydrogens is 292 g/mol. The highest BCUT2D eigenvalue weighted by Gasteiger charge is 2.29. The third kappa shape index (κ3) is 2.54. The van der Waals surface area contributed by atoms with Gasteiger partial charge in [-0.3, -0.25) is 9.47 Å². The lowest BCUT2D eigenvalue weighted by atomic mass is 10.0. The summed E-state index contributed by atoms with van der Waals surface area (Å²) in [6.07, 6.45) is 8.67. The Bertz CT molecular complexity index is 647. The molecule has 0 aromatic carbocycles.